The van der Waals surface area contributed by atoms with Crippen molar-refractivity contribution in [1.82, 2.24) is 4.98 Å². The zero-order chi connectivity index (χ0) is 10.4. The van der Waals surface area contributed by atoms with Crippen molar-refractivity contribution in [2.75, 3.05) is 6.61 Å². The molecule has 1 aromatic heterocycles. The van der Waals surface area contributed by atoms with E-state index in [-0.39, 0.29) is 0 Å². The van der Waals surface area contributed by atoms with Crippen LogP contribution in [-0.4, -0.2) is 17.9 Å². The van der Waals surface area contributed by atoms with Crippen molar-refractivity contribution >= 4 is 6.29 Å². The Morgan fingerprint density at radius 1 is 1.57 bits per heavy atom. The molecule has 0 atom stereocenters. The molecule has 1 heterocycles. The van der Waals surface area contributed by atoms with Gasteiger partial charge >= 0.3 is 0 Å². The van der Waals surface area contributed by atoms with Crippen molar-refractivity contribution in [2.45, 2.75) is 26.7 Å². The molecule has 0 bridgehead atoms. The lowest BCUT2D eigenvalue weighted by atomic mass is 10.2. The Kier molecular flexibility index (Phi) is 4.11. The average Bonchev–Trinajstić information content (AvgIpc) is 2.20. The van der Waals surface area contributed by atoms with E-state index in [0.29, 0.717) is 18.1 Å². The molecule has 0 spiro atoms. The number of aryl methyl sites for hydroxylation is 1. The van der Waals surface area contributed by atoms with Gasteiger partial charge in [-0.1, -0.05) is 13.3 Å². The number of aldehydes is 1. The summed E-state index contributed by atoms with van der Waals surface area (Å²) in [5.41, 5.74) is 1.50. The lowest BCUT2D eigenvalue weighted by Crippen LogP contribution is -2.00. The third kappa shape index (κ3) is 2.83. The number of rotatable bonds is 5. The fourth-order valence-corrected chi connectivity index (χ4v) is 1.11. The van der Waals surface area contributed by atoms with Gasteiger partial charge in [-0.3, -0.25) is 4.79 Å². The molecule has 3 heteroatoms. The molecule has 0 aliphatic rings. The maximum Gasteiger partial charge on any atom is 0.216 e. The lowest BCUT2D eigenvalue weighted by molar-refractivity contribution is 0.112. The molecule has 0 saturated carbocycles. The first-order valence-corrected chi connectivity index (χ1v) is 4.82. The molecule has 1 aromatic rings. The normalized spacial score (nSPS) is 9.86. The SMILES string of the molecule is CCCCOc1ncc(C=O)cc1C. The molecule has 0 amide bonds. The third-order valence-corrected chi connectivity index (χ3v) is 1.92. The molecule has 3 nitrogen and oxygen atoms in total. The highest BCUT2D eigenvalue weighted by Crippen LogP contribution is 2.14. The summed E-state index contributed by atoms with van der Waals surface area (Å²) >= 11 is 0. The summed E-state index contributed by atoms with van der Waals surface area (Å²) in [7, 11) is 0. The largest absolute Gasteiger partial charge is 0.477 e. The van der Waals surface area contributed by atoms with Crippen LogP contribution in [-0.2, 0) is 0 Å². The summed E-state index contributed by atoms with van der Waals surface area (Å²) in [5.74, 6) is 0.629. The molecule has 14 heavy (non-hydrogen) atoms. The van der Waals surface area contributed by atoms with E-state index >= 15 is 0 Å². The Labute approximate surface area is 84.1 Å². The first kappa shape index (κ1) is 10.7. The van der Waals surface area contributed by atoms with Gasteiger partial charge < -0.3 is 4.74 Å². The maximum atomic E-state index is 10.4. The monoisotopic (exact) mass is 193 g/mol. The molecule has 76 valence electrons. The molecule has 0 aliphatic heterocycles. The number of hydrogen-bond donors (Lipinski definition) is 0. The van der Waals surface area contributed by atoms with Crippen LogP contribution in [0.4, 0.5) is 0 Å². The second-order valence-electron chi connectivity index (χ2n) is 3.21. The minimum absolute atomic E-state index is 0.588. The molecule has 0 saturated heterocycles. The first-order valence-electron chi connectivity index (χ1n) is 4.82. The van der Waals surface area contributed by atoms with Gasteiger partial charge in [0.1, 0.15) is 0 Å². The minimum atomic E-state index is 0.588. The molecule has 1 rings (SSSR count). The standard InChI is InChI=1S/C11H15NO2/c1-3-4-5-14-11-9(2)6-10(8-13)7-12-11/h6-8H,3-5H2,1-2H3. The number of hydrogen-bond acceptors (Lipinski definition) is 3. The van der Waals surface area contributed by atoms with E-state index in [0.717, 1.165) is 24.7 Å². The predicted molar refractivity (Wildman–Crippen MR) is 54.8 cm³/mol. The number of carbonyl (C=O) groups excluding carboxylic acids is 1. The van der Waals surface area contributed by atoms with E-state index in [1.165, 1.54) is 6.20 Å². The zero-order valence-electron chi connectivity index (χ0n) is 8.62. The van der Waals surface area contributed by atoms with Crippen LogP contribution in [0, 0.1) is 6.92 Å². The Hall–Kier alpha value is -1.38. The van der Waals surface area contributed by atoms with Crippen LogP contribution >= 0.6 is 0 Å². The maximum absolute atomic E-state index is 10.4. The van der Waals surface area contributed by atoms with Gasteiger partial charge in [0.2, 0.25) is 5.88 Å². The van der Waals surface area contributed by atoms with Crippen molar-refractivity contribution in [3.63, 3.8) is 0 Å². The second-order valence-corrected chi connectivity index (χ2v) is 3.21. The average molecular weight is 193 g/mol. The number of nitrogens with zero attached hydrogens (tertiary/aromatic N) is 1. The number of ether oxygens (including phenoxy) is 1. The Balaban J connectivity index is 2.64. The van der Waals surface area contributed by atoms with Gasteiger partial charge in [-0.05, 0) is 19.4 Å². The van der Waals surface area contributed by atoms with Crippen molar-refractivity contribution in [2.24, 2.45) is 0 Å². The highest BCUT2D eigenvalue weighted by molar-refractivity contribution is 5.74. The number of aromatic nitrogens is 1. The smallest absolute Gasteiger partial charge is 0.216 e. The topological polar surface area (TPSA) is 39.2 Å². The molecule has 0 aromatic carbocycles. The highest BCUT2D eigenvalue weighted by atomic mass is 16.5. The van der Waals surface area contributed by atoms with Crippen LogP contribution in [0.1, 0.15) is 35.7 Å². The van der Waals surface area contributed by atoms with E-state index in [2.05, 4.69) is 11.9 Å². The van der Waals surface area contributed by atoms with Crippen LogP contribution in [0.3, 0.4) is 0 Å². The Morgan fingerprint density at radius 2 is 2.36 bits per heavy atom. The number of carbonyl (C=O) groups is 1. The van der Waals surface area contributed by atoms with Crippen LogP contribution in [0.25, 0.3) is 0 Å². The van der Waals surface area contributed by atoms with Crippen LogP contribution in [0.5, 0.6) is 5.88 Å². The van der Waals surface area contributed by atoms with Crippen molar-refractivity contribution in [3.05, 3.63) is 23.4 Å². The molecule has 0 unspecified atom stereocenters. The Bertz CT molecular complexity index is 310. The molecular formula is C11H15NO2. The summed E-state index contributed by atoms with van der Waals surface area (Å²) in [5, 5.41) is 0. The second kappa shape index (κ2) is 5.37. The summed E-state index contributed by atoms with van der Waals surface area (Å²) in [6, 6.07) is 1.78. The molecular weight excluding hydrogens is 178 g/mol. The van der Waals surface area contributed by atoms with Crippen molar-refractivity contribution in [1.29, 1.82) is 0 Å². The van der Waals surface area contributed by atoms with Gasteiger partial charge in [-0.25, -0.2) is 4.98 Å². The summed E-state index contributed by atoms with van der Waals surface area (Å²) in [4.78, 5) is 14.5. The van der Waals surface area contributed by atoms with Gasteiger partial charge in [-0.15, -0.1) is 0 Å². The van der Waals surface area contributed by atoms with E-state index < -0.39 is 0 Å². The molecule has 0 aliphatic carbocycles. The minimum Gasteiger partial charge on any atom is -0.477 e. The summed E-state index contributed by atoms with van der Waals surface area (Å²) in [6.45, 7) is 4.69. The number of unbranched alkanes of at least 4 members (excludes halogenated alkanes) is 1. The van der Waals surface area contributed by atoms with Crippen LogP contribution in [0.2, 0.25) is 0 Å². The number of pyridine rings is 1. The van der Waals surface area contributed by atoms with Crippen LogP contribution < -0.4 is 4.74 Å². The van der Waals surface area contributed by atoms with Crippen molar-refractivity contribution in [3.8, 4) is 5.88 Å². The van der Waals surface area contributed by atoms with Gasteiger partial charge in [0.05, 0.1) is 6.61 Å². The first-order chi connectivity index (χ1) is 6.77. The van der Waals surface area contributed by atoms with Gasteiger partial charge in [0.25, 0.3) is 0 Å². The van der Waals surface area contributed by atoms with Gasteiger partial charge in [-0.2, -0.15) is 0 Å². The summed E-state index contributed by atoms with van der Waals surface area (Å²) in [6.07, 6.45) is 4.44. The zero-order valence-corrected chi connectivity index (χ0v) is 8.62. The lowest BCUT2D eigenvalue weighted by Gasteiger charge is -2.06. The molecule has 0 radical (unpaired) electrons. The quantitative estimate of drug-likeness (QED) is 0.532. The molecule has 0 fully saturated rings. The van der Waals surface area contributed by atoms with E-state index in [1.54, 1.807) is 6.07 Å². The van der Waals surface area contributed by atoms with Gasteiger partial charge in [0.15, 0.2) is 6.29 Å². The van der Waals surface area contributed by atoms with Crippen LogP contribution in [0.15, 0.2) is 12.3 Å². The van der Waals surface area contributed by atoms with E-state index in [1.807, 2.05) is 6.92 Å². The van der Waals surface area contributed by atoms with Gasteiger partial charge in [0, 0.05) is 17.3 Å². The van der Waals surface area contributed by atoms with Crippen molar-refractivity contribution < 1.29 is 9.53 Å². The Morgan fingerprint density at radius 3 is 2.93 bits per heavy atom. The fourth-order valence-electron chi connectivity index (χ4n) is 1.11. The highest BCUT2D eigenvalue weighted by Gasteiger charge is 2.01. The van der Waals surface area contributed by atoms with E-state index in [4.69, 9.17) is 4.74 Å². The third-order valence-electron chi connectivity index (χ3n) is 1.92. The fraction of sp³-hybridized carbons (Fsp3) is 0.455. The summed E-state index contributed by atoms with van der Waals surface area (Å²) < 4.78 is 5.45. The van der Waals surface area contributed by atoms with E-state index in [9.17, 15) is 4.79 Å². The predicted octanol–water partition coefficient (Wildman–Crippen LogP) is 2.38. The molecule has 0 N–H and O–H groups in total.